The van der Waals surface area contributed by atoms with Gasteiger partial charge in [0.1, 0.15) is 5.94 Å². The van der Waals surface area contributed by atoms with Crippen LogP contribution in [0.2, 0.25) is 0 Å². The summed E-state index contributed by atoms with van der Waals surface area (Å²) in [6.45, 7) is 0. The zero-order valence-corrected chi connectivity index (χ0v) is 8.46. The zero-order chi connectivity index (χ0) is 9.80. The summed E-state index contributed by atoms with van der Waals surface area (Å²) in [5.74, 6) is 1.92. The minimum atomic E-state index is 0.452. The van der Waals surface area contributed by atoms with Gasteiger partial charge in [0.2, 0.25) is 0 Å². The number of allylic oxidation sites excluding steroid dienone is 6. The van der Waals surface area contributed by atoms with Gasteiger partial charge in [-0.15, -0.1) is 11.8 Å². The average Bonchev–Trinajstić information content (AvgIpc) is 2.72. The molecular weight excluding hydrogens is 192 g/mol. The summed E-state index contributed by atoms with van der Waals surface area (Å²) in [5, 5.41) is 0.452. The van der Waals surface area contributed by atoms with E-state index < -0.39 is 0 Å². The normalized spacial score (nSPS) is 20.0. The topological polar surface area (TPSA) is 17.1 Å². The monoisotopic (exact) mass is 202 g/mol. The van der Waals surface area contributed by atoms with Crippen LogP contribution in [-0.2, 0) is 4.79 Å². The van der Waals surface area contributed by atoms with Crippen molar-refractivity contribution in [1.29, 1.82) is 0 Å². The van der Waals surface area contributed by atoms with Gasteiger partial charge < -0.3 is 0 Å². The highest BCUT2D eigenvalue weighted by atomic mass is 32.2. The van der Waals surface area contributed by atoms with Crippen molar-refractivity contribution < 1.29 is 4.79 Å². The molecule has 0 aromatic heterocycles. The van der Waals surface area contributed by atoms with Gasteiger partial charge in [0.15, 0.2) is 0 Å². The van der Waals surface area contributed by atoms with E-state index >= 15 is 0 Å². The third-order valence-corrected chi connectivity index (χ3v) is 3.25. The van der Waals surface area contributed by atoms with Crippen molar-refractivity contribution in [1.82, 2.24) is 0 Å². The van der Waals surface area contributed by atoms with Crippen LogP contribution in [0.5, 0.6) is 0 Å². The molecule has 0 spiro atoms. The first-order valence-electron chi connectivity index (χ1n) is 4.52. The molecule has 0 aromatic rings. The Morgan fingerprint density at radius 3 is 2.64 bits per heavy atom. The standard InChI is InChI=1S/C12H10OS/c13-9-10-5-7-12(8-6-10)14-11-3-1-2-4-11/h1-5,7-8,11H,6H2. The van der Waals surface area contributed by atoms with E-state index in [1.807, 2.05) is 18.1 Å². The Morgan fingerprint density at radius 1 is 1.29 bits per heavy atom. The average molecular weight is 202 g/mol. The summed E-state index contributed by atoms with van der Waals surface area (Å²) in [7, 11) is 0. The molecule has 0 saturated heterocycles. The molecule has 2 aliphatic carbocycles. The Bertz CT molecular complexity index is 381. The van der Waals surface area contributed by atoms with Crippen molar-refractivity contribution in [3.8, 4) is 0 Å². The first kappa shape index (κ1) is 9.32. The SMILES string of the molecule is O=C=C1C=CC(SC2C=CC=C2)=CC1. The molecule has 14 heavy (non-hydrogen) atoms. The lowest BCUT2D eigenvalue weighted by molar-refractivity contribution is 0.567. The maximum atomic E-state index is 10.3. The quantitative estimate of drug-likeness (QED) is 0.640. The van der Waals surface area contributed by atoms with Crippen LogP contribution in [0.1, 0.15) is 6.42 Å². The van der Waals surface area contributed by atoms with Gasteiger partial charge in [-0.2, -0.15) is 0 Å². The molecule has 0 atom stereocenters. The molecule has 2 aliphatic rings. The fourth-order valence-corrected chi connectivity index (χ4v) is 2.32. The van der Waals surface area contributed by atoms with E-state index in [4.69, 9.17) is 0 Å². The van der Waals surface area contributed by atoms with E-state index in [0.717, 1.165) is 5.57 Å². The zero-order valence-electron chi connectivity index (χ0n) is 7.64. The fourth-order valence-electron chi connectivity index (χ4n) is 1.34. The van der Waals surface area contributed by atoms with Gasteiger partial charge in [-0.3, -0.25) is 0 Å². The van der Waals surface area contributed by atoms with Gasteiger partial charge in [-0.05, 0) is 12.2 Å². The van der Waals surface area contributed by atoms with Crippen LogP contribution in [0.4, 0.5) is 0 Å². The second kappa shape index (κ2) is 4.32. The van der Waals surface area contributed by atoms with Crippen LogP contribution in [0.3, 0.4) is 0 Å². The predicted octanol–water partition coefficient (Wildman–Crippen LogP) is 2.82. The minimum Gasteiger partial charge on any atom is -0.233 e. The number of hydrogen-bond donors (Lipinski definition) is 0. The summed E-state index contributed by atoms with van der Waals surface area (Å²) in [6.07, 6.45) is 15.0. The van der Waals surface area contributed by atoms with E-state index in [9.17, 15) is 4.79 Å². The smallest absolute Gasteiger partial charge is 0.128 e. The van der Waals surface area contributed by atoms with Gasteiger partial charge in [0.05, 0.1) is 0 Å². The lowest BCUT2D eigenvalue weighted by Gasteiger charge is -2.09. The molecule has 0 aliphatic heterocycles. The van der Waals surface area contributed by atoms with Crippen molar-refractivity contribution in [2.24, 2.45) is 0 Å². The number of rotatable bonds is 2. The first-order valence-corrected chi connectivity index (χ1v) is 5.40. The Balaban J connectivity index is 1.98. The molecule has 2 rings (SSSR count). The molecule has 0 saturated carbocycles. The van der Waals surface area contributed by atoms with Crippen molar-refractivity contribution in [3.05, 3.63) is 53.0 Å². The first-order chi connectivity index (χ1) is 6.88. The van der Waals surface area contributed by atoms with Gasteiger partial charge in [-0.25, -0.2) is 4.79 Å². The number of thioether (sulfide) groups is 1. The minimum absolute atomic E-state index is 0.452. The van der Waals surface area contributed by atoms with Gasteiger partial charge >= 0.3 is 0 Å². The number of hydrogen-bond acceptors (Lipinski definition) is 2. The summed E-state index contributed by atoms with van der Waals surface area (Å²) in [4.78, 5) is 11.6. The van der Waals surface area contributed by atoms with Crippen LogP contribution in [-0.4, -0.2) is 11.2 Å². The second-order valence-corrected chi connectivity index (χ2v) is 4.37. The van der Waals surface area contributed by atoms with Crippen LogP contribution < -0.4 is 0 Å². The maximum absolute atomic E-state index is 10.3. The van der Waals surface area contributed by atoms with Crippen molar-refractivity contribution in [2.45, 2.75) is 11.7 Å². The van der Waals surface area contributed by atoms with Crippen LogP contribution in [0, 0.1) is 0 Å². The van der Waals surface area contributed by atoms with E-state index in [-0.39, 0.29) is 0 Å². The van der Waals surface area contributed by atoms with Crippen LogP contribution in [0.15, 0.2) is 53.0 Å². The van der Waals surface area contributed by atoms with Gasteiger partial charge in [-0.1, -0.05) is 30.4 Å². The summed E-state index contributed by atoms with van der Waals surface area (Å²) >= 11 is 1.80. The molecular formula is C12H10OS. The van der Waals surface area contributed by atoms with E-state index in [1.165, 1.54) is 4.91 Å². The highest BCUT2D eigenvalue weighted by molar-refractivity contribution is 8.04. The Hall–Kier alpha value is -1.24. The molecule has 2 heteroatoms. The van der Waals surface area contributed by atoms with Crippen molar-refractivity contribution in [2.75, 3.05) is 0 Å². The lowest BCUT2D eigenvalue weighted by atomic mass is 10.1. The van der Waals surface area contributed by atoms with E-state index in [1.54, 1.807) is 11.8 Å². The third kappa shape index (κ3) is 2.16. The lowest BCUT2D eigenvalue weighted by Crippen LogP contribution is -1.92. The third-order valence-electron chi connectivity index (χ3n) is 2.09. The van der Waals surface area contributed by atoms with E-state index in [2.05, 4.69) is 30.4 Å². The van der Waals surface area contributed by atoms with Crippen molar-refractivity contribution in [3.63, 3.8) is 0 Å². The highest BCUT2D eigenvalue weighted by Gasteiger charge is 2.08. The molecule has 1 nitrogen and oxygen atoms in total. The summed E-state index contributed by atoms with van der Waals surface area (Å²) in [5.41, 5.74) is 0.729. The predicted molar refractivity (Wildman–Crippen MR) is 60.7 cm³/mol. The molecule has 0 unspecified atom stereocenters. The van der Waals surface area contributed by atoms with Crippen LogP contribution in [0.25, 0.3) is 0 Å². The number of carbonyl (C=O) groups excluding carboxylic acids is 1. The second-order valence-electron chi connectivity index (χ2n) is 3.12. The molecule has 0 amide bonds. The van der Waals surface area contributed by atoms with Gasteiger partial charge in [0.25, 0.3) is 0 Å². The molecule has 0 heterocycles. The van der Waals surface area contributed by atoms with Crippen molar-refractivity contribution >= 4 is 17.7 Å². The highest BCUT2D eigenvalue weighted by Crippen LogP contribution is 2.30. The maximum Gasteiger partial charge on any atom is 0.128 e. The summed E-state index contributed by atoms with van der Waals surface area (Å²) < 4.78 is 0. The van der Waals surface area contributed by atoms with Crippen LogP contribution >= 0.6 is 11.8 Å². The molecule has 70 valence electrons. The Labute approximate surface area is 87.6 Å². The molecule has 0 bridgehead atoms. The van der Waals surface area contributed by atoms with E-state index in [0.29, 0.717) is 11.7 Å². The molecule has 0 aromatic carbocycles. The largest absolute Gasteiger partial charge is 0.233 e. The fraction of sp³-hybridized carbons (Fsp3) is 0.167. The Kier molecular flexibility index (Phi) is 2.87. The van der Waals surface area contributed by atoms with Gasteiger partial charge in [0, 0.05) is 22.1 Å². The Morgan fingerprint density at radius 2 is 2.07 bits per heavy atom. The summed E-state index contributed by atoms with van der Waals surface area (Å²) in [6, 6.07) is 0. The molecule has 0 N–H and O–H groups in total. The molecule has 0 radical (unpaired) electrons. The molecule has 0 fully saturated rings.